The van der Waals surface area contributed by atoms with Crippen molar-refractivity contribution in [1.29, 1.82) is 0 Å². The number of rotatable bonds is 7. The summed E-state index contributed by atoms with van der Waals surface area (Å²) in [6.07, 6.45) is 1.30. The van der Waals surface area contributed by atoms with Crippen LogP contribution in [0.4, 0.5) is 0 Å². The first kappa shape index (κ1) is 21.5. The topological polar surface area (TPSA) is 93.5 Å². The summed E-state index contributed by atoms with van der Waals surface area (Å²) in [4.78, 5) is 12.0. The Labute approximate surface area is 171 Å². The van der Waals surface area contributed by atoms with Crippen molar-refractivity contribution in [3.63, 3.8) is 0 Å². The lowest BCUT2D eigenvalue weighted by Gasteiger charge is -2.18. The molecule has 0 bridgehead atoms. The second-order valence-electron chi connectivity index (χ2n) is 7.57. The number of aromatic nitrogens is 2. The van der Waals surface area contributed by atoms with Crippen LogP contribution in [0.3, 0.4) is 0 Å². The summed E-state index contributed by atoms with van der Waals surface area (Å²) < 4.78 is 34.2. The molecule has 8 nitrogen and oxygen atoms in total. The Kier molecular flexibility index (Phi) is 6.11. The number of hydrogen-bond acceptors (Lipinski definition) is 5. The maximum atomic E-state index is 13.1. The Morgan fingerprint density at radius 3 is 2.62 bits per heavy atom. The van der Waals surface area contributed by atoms with Gasteiger partial charge in [0, 0.05) is 45.0 Å². The lowest BCUT2D eigenvalue weighted by atomic mass is 10.1. The van der Waals surface area contributed by atoms with Crippen molar-refractivity contribution in [2.45, 2.75) is 44.2 Å². The number of carbonyl (C=O) groups is 1. The van der Waals surface area contributed by atoms with Crippen molar-refractivity contribution < 1.29 is 17.9 Å². The highest BCUT2D eigenvalue weighted by Gasteiger charge is 2.28. The molecule has 1 amide bonds. The van der Waals surface area contributed by atoms with E-state index in [1.54, 1.807) is 23.9 Å². The number of sulfonamides is 1. The first-order chi connectivity index (χ1) is 13.6. The van der Waals surface area contributed by atoms with Crippen molar-refractivity contribution >= 4 is 15.9 Å². The van der Waals surface area contributed by atoms with Crippen LogP contribution in [0.1, 0.15) is 28.1 Å². The number of nitrogens with zero attached hydrogens (tertiary/aromatic N) is 3. The molecule has 2 aromatic rings. The molecule has 3 rings (SSSR count). The van der Waals surface area contributed by atoms with E-state index in [1.807, 2.05) is 27.0 Å². The smallest absolute Gasteiger partial charge is 0.246 e. The molecule has 0 aliphatic heterocycles. The third-order valence-electron chi connectivity index (χ3n) is 5.50. The Bertz CT molecular complexity index is 1030. The largest absolute Gasteiger partial charge is 0.375 e. The lowest BCUT2D eigenvalue weighted by molar-refractivity contribution is -0.125. The van der Waals surface area contributed by atoms with Crippen LogP contribution in [0.5, 0.6) is 0 Å². The predicted molar refractivity (Wildman–Crippen MR) is 109 cm³/mol. The van der Waals surface area contributed by atoms with E-state index in [1.165, 1.54) is 11.4 Å². The number of methoxy groups -OCH3 is 1. The summed E-state index contributed by atoms with van der Waals surface area (Å²) in [6, 6.07) is 5.18. The summed E-state index contributed by atoms with van der Waals surface area (Å²) in [5.41, 5.74) is 4.72. The van der Waals surface area contributed by atoms with Crippen LogP contribution >= 0.6 is 0 Å². The third kappa shape index (κ3) is 4.36. The number of hydrogen-bond donors (Lipinski definition) is 1. The summed E-state index contributed by atoms with van der Waals surface area (Å²) in [5, 5.41) is 7.28. The molecule has 1 heterocycles. The van der Waals surface area contributed by atoms with Gasteiger partial charge in [0.25, 0.3) is 0 Å². The minimum atomic E-state index is -3.64. The summed E-state index contributed by atoms with van der Waals surface area (Å²) in [5.74, 6) is -0.167. The molecule has 1 aromatic carbocycles. The SMILES string of the molecule is COCC(=O)N[C@@H]1Cc2ccc(S(=O)(=O)N(C)Cc3c(C)nn(C)c3C)cc2C1. The number of aryl methyl sites for hydroxylation is 2. The maximum absolute atomic E-state index is 13.1. The Balaban J connectivity index is 1.77. The number of amides is 1. The average Bonchev–Trinajstić information content (AvgIpc) is 3.15. The van der Waals surface area contributed by atoms with Crippen LogP contribution in [0, 0.1) is 13.8 Å². The van der Waals surface area contributed by atoms with Gasteiger partial charge in [-0.1, -0.05) is 6.07 Å². The first-order valence-corrected chi connectivity index (χ1v) is 10.9. The van der Waals surface area contributed by atoms with Gasteiger partial charge in [-0.3, -0.25) is 9.48 Å². The second-order valence-corrected chi connectivity index (χ2v) is 9.62. The number of ether oxygens (including phenoxy) is 1. The lowest BCUT2D eigenvalue weighted by Crippen LogP contribution is -2.37. The van der Waals surface area contributed by atoms with E-state index >= 15 is 0 Å². The highest BCUT2D eigenvalue weighted by Crippen LogP contribution is 2.27. The standard InChI is InChI=1S/C20H28N4O4S/c1-13-19(14(2)24(4)22-13)11-23(3)29(26,27)18-7-6-15-8-17(9-16(15)10-18)21-20(25)12-28-5/h6-7,10,17H,8-9,11-12H2,1-5H3,(H,21,25)/t17-/m1/s1. The van der Waals surface area contributed by atoms with E-state index in [4.69, 9.17) is 4.74 Å². The molecule has 0 saturated heterocycles. The molecule has 0 unspecified atom stereocenters. The molecule has 1 N–H and O–H groups in total. The number of carbonyl (C=O) groups excluding carboxylic acids is 1. The van der Waals surface area contributed by atoms with Gasteiger partial charge >= 0.3 is 0 Å². The van der Waals surface area contributed by atoms with Gasteiger partial charge in [-0.2, -0.15) is 9.40 Å². The van der Waals surface area contributed by atoms with Crippen LogP contribution in [0.15, 0.2) is 23.1 Å². The molecule has 1 aliphatic carbocycles. The fraction of sp³-hybridized carbons (Fsp3) is 0.500. The Hall–Kier alpha value is -2.23. The van der Waals surface area contributed by atoms with E-state index in [-0.39, 0.29) is 30.0 Å². The zero-order valence-electron chi connectivity index (χ0n) is 17.5. The molecule has 9 heteroatoms. The molecule has 29 heavy (non-hydrogen) atoms. The minimum Gasteiger partial charge on any atom is -0.375 e. The Morgan fingerprint density at radius 2 is 2.00 bits per heavy atom. The van der Waals surface area contributed by atoms with Gasteiger partial charge in [0.2, 0.25) is 15.9 Å². The third-order valence-corrected chi connectivity index (χ3v) is 7.30. The van der Waals surface area contributed by atoms with Gasteiger partial charge in [0.15, 0.2) is 0 Å². The van der Waals surface area contributed by atoms with E-state index in [0.29, 0.717) is 12.8 Å². The van der Waals surface area contributed by atoms with Crippen LogP contribution in [0.25, 0.3) is 0 Å². The molecule has 1 aromatic heterocycles. The van der Waals surface area contributed by atoms with E-state index in [0.717, 1.165) is 28.1 Å². The molecule has 0 saturated carbocycles. The van der Waals surface area contributed by atoms with Crippen molar-refractivity contribution in [3.8, 4) is 0 Å². The second kappa shape index (κ2) is 8.25. The summed E-state index contributed by atoms with van der Waals surface area (Å²) >= 11 is 0. The van der Waals surface area contributed by atoms with Crippen molar-refractivity contribution in [3.05, 3.63) is 46.3 Å². The van der Waals surface area contributed by atoms with Crippen LogP contribution in [-0.4, -0.2) is 55.2 Å². The van der Waals surface area contributed by atoms with Gasteiger partial charge in [-0.05, 0) is 49.9 Å². The van der Waals surface area contributed by atoms with Crippen LogP contribution in [-0.2, 0) is 46.0 Å². The van der Waals surface area contributed by atoms with Gasteiger partial charge in [-0.25, -0.2) is 8.42 Å². The predicted octanol–water partition coefficient (Wildman–Crippen LogP) is 1.09. The zero-order valence-corrected chi connectivity index (χ0v) is 18.3. The van der Waals surface area contributed by atoms with Gasteiger partial charge < -0.3 is 10.1 Å². The van der Waals surface area contributed by atoms with Crippen LogP contribution < -0.4 is 5.32 Å². The monoisotopic (exact) mass is 420 g/mol. The normalized spacial score (nSPS) is 16.3. The zero-order chi connectivity index (χ0) is 21.3. The van der Waals surface area contributed by atoms with E-state index in [9.17, 15) is 13.2 Å². The number of benzene rings is 1. The number of fused-ring (bicyclic) bond motifs is 1. The molecular formula is C20H28N4O4S. The summed E-state index contributed by atoms with van der Waals surface area (Å²) in [7, 11) is 1.27. The van der Waals surface area contributed by atoms with Gasteiger partial charge in [0.1, 0.15) is 6.61 Å². The molecule has 0 fully saturated rings. The van der Waals surface area contributed by atoms with Gasteiger partial charge in [0.05, 0.1) is 10.6 Å². The average molecular weight is 421 g/mol. The first-order valence-electron chi connectivity index (χ1n) is 9.49. The van der Waals surface area contributed by atoms with E-state index in [2.05, 4.69) is 10.4 Å². The molecule has 1 atom stereocenters. The molecule has 0 radical (unpaired) electrons. The quantitative estimate of drug-likeness (QED) is 0.724. The van der Waals surface area contributed by atoms with E-state index < -0.39 is 10.0 Å². The maximum Gasteiger partial charge on any atom is 0.246 e. The van der Waals surface area contributed by atoms with Crippen molar-refractivity contribution in [2.24, 2.45) is 7.05 Å². The fourth-order valence-electron chi connectivity index (χ4n) is 3.79. The van der Waals surface area contributed by atoms with Crippen LogP contribution in [0.2, 0.25) is 0 Å². The molecule has 1 aliphatic rings. The molecule has 0 spiro atoms. The number of nitrogens with one attached hydrogen (secondary N) is 1. The van der Waals surface area contributed by atoms with Crippen molar-refractivity contribution in [1.82, 2.24) is 19.4 Å². The van der Waals surface area contributed by atoms with Crippen molar-refractivity contribution in [2.75, 3.05) is 20.8 Å². The fourth-order valence-corrected chi connectivity index (χ4v) is 4.98. The van der Waals surface area contributed by atoms with Gasteiger partial charge in [-0.15, -0.1) is 0 Å². The summed E-state index contributed by atoms with van der Waals surface area (Å²) in [6.45, 7) is 4.10. The molecule has 158 valence electrons. The Morgan fingerprint density at radius 1 is 1.31 bits per heavy atom. The highest BCUT2D eigenvalue weighted by molar-refractivity contribution is 7.89. The highest BCUT2D eigenvalue weighted by atomic mass is 32.2. The molecular weight excluding hydrogens is 392 g/mol. The minimum absolute atomic E-state index is 0.0183.